The van der Waals surface area contributed by atoms with Gasteiger partial charge in [-0.15, -0.1) is 0 Å². The second-order valence-corrected chi connectivity index (χ2v) is 6.90. The minimum absolute atomic E-state index is 0.304. The van der Waals surface area contributed by atoms with Crippen LogP contribution in [0, 0.1) is 6.92 Å². The fraction of sp³-hybridized carbons (Fsp3) is 0.0455. The van der Waals surface area contributed by atoms with Gasteiger partial charge in [-0.3, -0.25) is 4.79 Å². The van der Waals surface area contributed by atoms with Gasteiger partial charge < -0.3 is 4.74 Å². The molecule has 0 fully saturated rings. The van der Waals surface area contributed by atoms with E-state index in [0.717, 1.165) is 15.6 Å². The highest BCUT2D eigenvalue weighted by atomic mass is 79.9. The average molecular weight is 437 g/mol. The van der Waals surface area contributed by atoms with E-state index >= 15 is 0 Å². The van der Waals surface area contributed by atoms with Crippen LogP contribution < -0.4 is 10.2 Å². The highest BCUT2D eigenvalue weighted by molar-refractivity contribution is 9.10. The quantitative estimate of drug-likeness (QED) is 0.271. The normalized spacial score (nSPS) is 10.6. The fourth-order valence-electron chi connectivity index (χ4n) is 2.45. The molecule has 0 radical (unpaired) electrons. The Labute approximate surface area is 171 Å². The van der Waals surface area contributed by atoms with Crippen LogP contribution in [0.1, 0.15) is 31.8 Å². The molecular formula is C22H17BrN2O3. The third-order valence-corrected chi connectivity index (χ3v) is 4.42. The number of hydrazone groups is 1. The van der Waals surface area contributed by atoms with Gasteiger partial charge in [0.1, 0.15) is 5.75 Å². The molecule has 0 heterocycles. The third kappa shape index (κ3) is 5.14. The Kier molecular flexibility index (Phi) is 6.34. The minimum atomic E-state index is -0.402. The molecule has 0 aliphatic heterocycles. The van der Waals surface area contributed by atoms with Crippen molar-refractivity contribution in [3.8, 4) is 5.75 Å². The second-order valence-electron chi connectivity index (χ2n) is 5.98. The zero-order valence-corrected chi connectivity index (χ0v) is 16.6. The minimum Gasteiger partial charge on any atom is -0.423 e. The summed E-state index contributed by atoms with van der Waals surface area (Å²) in [6.45, 7) is 1.86. The number of benzene rings is 3. The Morgan fingerprint density at radius 2 is 1.75 bits per heavy atom. The first-order chi connectivity index (χ1) is 13.5. The van der Waals surface area contributed by atoms with Gasteiger partial charge in [0.2, 0.25) is 0 Å². The summed E-state index contributed by atoms with van der Waals surface area (Å²) in [4.78, 5) is 24.2. The molecule has 3 aromatic rings. The van der Waals surface area contributed by atoms with Crippen molar-refractivity contribution in [3.63, 3.8) is 0 Å². The smallest absolute Gasteiger partial charge is 0.343 e. The average Bonchev–Trinajstić information content (AvgIpc) is 2.69. The Hall–Kier alpha value is -3.25. The van der Waals surface area contributed by atoms with Crippen LogP contribution >= 0.6 is 15.9 Å². The molecule has 6 heteroatoms. The van der Waals surface area contributed by atoms with Gasteiger partial charge in [-0.2, -0.15) is 5.10 Å². The maximum atomic E-state index is 12.2. The van der Waals surface area contributed by atoms with Gasteiger partial charge in [-0.25, -0.2) is 10.2 Å². The van der Waals surface area contributed by atoms with E-state index < -0.39 is 5.97 Å². The van der Waals surface area contributed by atoms with E-state index in [0.29, 0.717) is 16.9 Å². The summed E-state index contributed by atoms with van der Waals surface area (Å²) in [6.07, 6.45) is 1.52. The molecule has 0 unspecified atom stereocenters. The van der Waals surface area contributed by atoms with E-state index in [1.165, 1.54) is 6.21 Å². The molecule has 5 nitrogen and oxygen atoms in total. The lowest BCUT2D eigenvalue weighted by molar-refractivity contribution is 0.0733. The van der Waals surface area contributed by atoms with Crippen molar-refractivity contribution in [2.75, 3.05) is 0 Å². The lowest BCUT2D eigenvalue weighted by Gasteiger charge is -2.06. The van der Waals surface area contributed by atoms with E-state index in [4.69, 9.17) is 4.74 Å². The molecule has 0 saturated carbocycles. The molecule has 3 aromatic carbocycles. The molecule has 0 atom stereocenters. The van der Waals surface area contributed by atoms with Crippen molar-refractivity contribution in [1.29, 1.82) is 0 Å². The molecule has 3 rings (SSSR count). The summed E-state index contributed by atoms with van der Waals surface area (Å²) in [5.74, 6) is -0.272. The Morgan fingerprint density at radius 3 is 2.46 bits per heavy atom. The van der Waals surface area contributed by atoms with Crippen molar-refractivity contribution in [3.05, 3.63) is 99.5 Å². The summed E-state index contributed by atoms with van der Waals surface area (Å²) in [6, 6.07) is 21.1. The first-order valence-electron chi connectivity index (χ1n) is 8.50. The number of hydrogen-bond acceptors (Lipinski definition) is 4. The van der Waals surface area contributed by atoms with Gasteiger partial charge in [0.05, 0.1) is 11.8 Å². The van der Waals surface area contributed by atoms with E-state index in [1.807, 2.05) is 25.1 Å². The third-order valence-electron chi connectivity index (χ3n) is 3.92. The lowest BCUT2D eigenvalue weighted by atomic mass is 10.1. The van der Waals surface area contributed by atoms with Gasteiger partial charge >= 0.3 is 5.97 Å². The number of rotatable bonds is 5. The molecule has 0 spiro atoms. The maximum absolute atomic E-state index is 12.2. The predicted molar refractivity (Wildman–Crippen MR) is 112 cm³/mol. The predicted octanol–water partition coefficient (Wildman–Crippen LogP) is 4.74. The summed E-state index contributed by atoms with van der Waals surface area (Å²) in [5, 5.41) is 3.95. The molecule has 140 valence electrons. The van der Waals surface area contributed by atoms with E-state index in [9.17, 15) is 9.59 Å². The lowest BCUT2D eigenvalue weighted by Crippen LogP contribution is -2.17. The summed E-state index contributed by atoms with van der Waals surface area (Å²) in [7, 11) is 0. The molecule has 0 aromatic heterocycles. The zero-order valence-electron chi connectivity index (χ0n) is 15.1. The van der Waals surface area contributed by atoms with Crippen LogP contribution in [0.25, 0.3) is 0 Å². The van der Waals surface area contributed by atoms with Crippen molar-refractivity contribution >= 4 is 34.0 Å². The number of hydrogen-bond donors (Lipinski definition) is 1. The van der Waals surface area contributed by atoms with Gasteiger partial charge in [-0.05, 0) is 66.6 Å². The SMILES string of the molecule is Cc1ccccc1C(=O)Oc1ccc(/C=N\NC(=O)c2cccc(Br)c2)cc1. The number of carbonyl (C=O) groups excluding carboxylic acids is 2. The van der Waals surface area contributed by atoms with Crippen LogP contribution in [0.4, 0.5) is 0 Å². The van der Waals surface area contributed by atoms with Crippen LogP contribution in [0.2, 0.25) is 0 Å². The molecule has 1 amide bonds. The highest BCUT2D eigenvalue weighted by Crippen LogP contribution is 2.15. The van der Waals surface area contributed by atoms with Crippen molar-refractivity contribution in [2.45, 2.75) is 6.92 Å². The fourth-order valence-corrected chi connectivity index (χ4v) is 2.84. The first kappa shape index (κ1) is 19.5. The molecule has 28 heavy (non-hydrogen) atoms. The first-order valence-corrected chi connectivity index (χ1v) is 9.29. The molecule has 0 aliphatic carbocycles. The zero-order chi connectivity index (χ0) is 19.9. The van der Waals surface area contributed by atoms with Crippen LogP contribution in [0.3, 0.4) is 0 Å². The van der Waals surface area contributed by atoms with Gasteiger partial charge in [0.15, 0.2) is 0 Å². The largest absolute Gasteiger partial charge is 0.423 e. The number of nitrogens with one attached hydrogen (secondary N) is 1. The maximum Gasteiger partial charge on any atom is 0.343 e. The van der Waals surface area contributed by atoms with E-state index in [1.54, 1.807) is 54.6 Å². The number of nitrogens with zero attached hydrogens (tertiary/aromatic N) is 1. The summed E-state index contributed by atoms with van der Waals surface area (Å²) in [5.41, 5.74) is 5.12. The van der Waals surface area contributed by atoms with Crippen molar-refractivity contribution < 1.29 is 14.3 Å². The van der Waals surface area contributed by atoms with Gasteiger partial charge in [0.25, 0.3) is 5.91 Å². The van der Waals surface area contributed by atoms with Gasteiger partial charge in [0, 0.05) is 10.0 Å². The number of carbonyl (C=O) groups is 2. The number of esters is 1. The number of ether oxygens (including phenoxy) is 1. The molecule has 0 aliphatic rings. The standard InChI is InChI=1S/C22H17BrN2O3/c1-15-5-2-3-8-20(15)22(27)28-19-11-9-16(10-12-19)14-24-25-21(26)17-6-4-7-18(23)13-17/h2-14H,1H3,(H,25,26)/b24-14-. The number of aryl methyl sites for hydroxylation is 1. The Morgan fingerprint density at radius 1 is 1.00 bits per heavy atom. The monoisotopic (exact) mass is 436 g/mol. The van der Waals surface area contributed by atoms with Crippen LogP contribution in [0.5, 0.6) is 5.75 Å². The Bertz CT molecular complexity index is 1030. The molecule has 0 bridgehead atoms. The summed E-state index contributed by atoms with van der Waals surface area (Å²) >= 11 is 3.32. The molecule has 1 N–H and O–H groups in total. The number of halogens is 1. The Balaban J connectivity index is 1.58. The second kappa shape index (κ2) is 9.10. The van der Waals surface area contributed by atoms with Gasteiger partial charge in [-0.1, -0.05) is 40.2 Å². The van der Waals surface area contributed by atoms with Crippen molar-refractivity contribution in [2.24, 2.45) is 5.10 Å². The van der Waals surface area contributed by atoms with E-state index in [-0.39, 0.29) is 5.91 Å². The van der Waals surface area contributed by atoms with E-state index in [2.05, 4.69) is 26.5 Å². The number of amides is 1. The molecule has 0 saturated heterocycles. The van der Waals surface area contributed by atoms with Crippen LogP contribution in [0.15, 0.2) is 82.4 Å². The summed E-state index contributed by atoms with van der Waals surface area (Å²) < 4.78 is 6.21. The van der Waals surface area contributed by atoms with Crippen LogP contribution in [-0.2, 0) is 0 Å². The highest BCUT2D eigenvalue weighted by Gasteiger charge is 2.10. The van der Waals surface area contributed by atoms with Crippen LogP contribution in [-0.4, -0.2) is 18.1 Å². The topological polar surface area (TPSA) is 67.8 Å². The molecular weight excluding hydrogens is 420 g/mol. The van der Waals surface area contributed by atoms with Crippen molar-refractivity contribution in [1.82, 2.24) is 5.43 Å².